The van der Waals surface area contributed by atoms with Crippen LogP contribution < -0.4 is 4.74 Å². The molecule has 1 aromatic carbocycles. The zero-order valence-electron chi connectivity index (χ0n) is 7.59. The summed E-state index contributed by atoms with van der Waals surface area (Å²) in [5.41, 5.74) is 2.50. The van der Waals surface area contributed by atoms with Crippen LogP contribution in [0, 0.1) is 0 Å². The van der Waals surface area contributed by atoms with Crippen molar-refractivity contribution in [2.75, 3.05) is 6.61 Å². The molecule has 0 spiro atoms. The van der Waals surface area contributed by atoms with Gasteiger partial charge < -0.3 is 4.74 Å². The Balaban J connectivity index is 2.34. The molecule has 0 aliphatic carbocycles. The van der Waals surface area contributed by atoms with Crippen molar-refractivity contribution in [2.45, 2.75) is 12.8 Å². The molecule has 1 heterocycles. The van der Waals surface area contributed by atoms with Crippen molar-refractivity contribution in [1.29, 1.82) is 0 Å². The van der Waals surface area contributed by atoms with Crippen molar-refractivity contribution < 1.29 is 4.74 Å². The van der Waals surface area contributed by atoms with Gasteiger partial charge in [0.2, 0.25) is 0 Å². The Kier molecular flexibility index (Phi) is 3.29. The lowest BCUT2D eigenvalue weighted by molar-refractivity contribution is 0.288. The SMILES string of the molecule is BrC(Br)=Cc1ccc2c(c1)CCCO2. The third-order valence-electron chi connectivity index (χ3n) is 2.21. The van der Waals surface area contributed by atoms with Crippen LogP contribution in [0.15, 0.2) is 21.6 Å². The zero-order chi connectivity index (χ0) is 9.97. The van der Waals surface area contributed by atoms with Crippen molar-refractivity contribution in [3.63, 3.8) is 0 Å². The minimum absolute atomic E-state index is 0.852. The van der Waals surface area contributed by atoms with Crippen LogP contribution >= 0.6 is 31.9 Å². The van der Waals surface area contributed by atoms with Gasteiger partial charge >= 0.3 is 0 Å². The van der Waals surface area contributed by atoms with E-state index in [1.807, 2.05) is 12.1 Å². The molecule has 0 fully saturated rings. The molecule has 1 aliphatic heterocycles. The maximum atomic E-state index is 5.54. The summed E-state index contributed by atoms with van der Waals surface area (Å²) in [6, 6.07) is 6.28. The fourth-order valence-electron chi connectivity index (χ4n) is 1.60. The lowest BCUT2D eigenvalue weighted by Crippen LogP contribution is -2.07. The van der Waals surface area contributed by atoms with E-state index in [0.29, 0.717) is 0 Å². The average molecular weight is 318 g/mol. The quantitative estimate of drug-likeness (QED) is 0.757. The normalized spacial score (nSPS) is 14.1. The molecule has 0 amide bonds. The Morgan fingerprint density at radius 3 is 3.00 bits per heavy atom. The van der Waals surface area contributed by atoms with E-state index >= 15 is 0 Å². The highest BCUT2D eigenvalue weighted by Gasteiger charge is 2.09. The van der Waals surface area contributed by atoms with Gasteiger partial charge in [-0.1, -0.05) is 6.07 Å². The summed E-state index contributed by atoms with van der Waals surface area (Å²) in [5, 5.41) is 0. The van der Waals surface area contributed by atoms with Gasteiger partial charge in [-0.05, 0) is 74.0 Å². The Hall–Kier alpha value is -0.280. The third kappa shape index (κ3) is 2.39. The first-order chi connectivity index (χ1) is 6.75. The Bertz CT molecular complexity index is 368. The van der Waals surface area contributed by atoms with E-state index in [-0.39, 0.29) is 0 Å². The number of halogens is 2. The Morgan fingerprint density at radius 1 is 1.36 bits per heavy atom. The highest BCUT2D eigenvalue weighted by molar-refractivity contribution is 9.28. The lowest BCUT2D eigenvalue weighted by Gasteiger charge is -2.17. The smallest absolute Gasteiger partial charge is 0.122 e. The maximum Gasteiger partial charge on any atom is 0.122 e. The van der Waals surface area contributed by atoms with Crippen molar-refractivity contribution in [2.24, 2.45) is 0 Å². The molecule has 1 aromatic rings. The standard InChI is InChI=1S/C11H10Br2O/c12-11(13)7-8-3-4-10-9(6-8)2-1-5-14-10/h3-4,6-7H,1-2,5H2. The van der Waals surface area contributed by atoms with Crippen LogP contribution in [0.25, 0.3) is 6.08 Å². The fraction of sp³-hybridized carbons (Fsp3) is 0.273. The summed E-state index contributed by atoms with van der Waals surface area (Å²) < 4.78 is 6.50. The Labute approximate surface area is 100 Å². The molecule has 0 atom stereocenters. The molecule has 14 heavy (non-hydrogen) atoms. The van der Waals surface area contributed by atoms with Gasteiger partial charge in [0.1, 0.15) is 5.75 Å². The van der Waals surface area contributed by atoms with Crippen molar-refractivity contribution >= 4 is 37.9 Å². The number of hydrogen-bond acceptors (Lipinski definition) is 1. The van der Waals surface area contributed by atoms with Gasteiger partial charge in [-0.15, -0.1) is 0 Å². The van der Waals surface area contributed by atoms with Gasteiger partial charge in [0.05, 0.1) is 10.00 Å². The topological polar surface area (TPSA) is 9.23 Å². The van der Waals surface area contributed by atoms with Gasteiger partial charge in [-0.2, -0.15) is 0 Å². The molecule has 0 bridgehead atoms. The summed E-state index contributed by atoms with van der Waals surface area (Å²) in [4.78, 5) is 0. The molecule has 3 heteroatoms. The monoisotopic (exact) mass is 316 g/mol. The molecule has 2 rings (SSSR count). The van der Waals surface area contributed by atoms with E-state index < -0.39 is 0 Å². The summed E-state index contributed by atoms with van der Waals surface area (Å²) in [6.45, 7) is 0.852. The summed E-state index contributed by atoms with van der Waals surface area (Å²) >= 11 is 6.71. The van der Waals surface area contributed by atoms with Crippen LogP contribution in [0.3, 0.4) is 0 Å². The molecular weight excluding hydrogens is 308 g/mol. The highest BCUT2D eigenvalue weighted by atomic mass is 79.9. The molecule has 0 aromatic heterocycles. The van der Waals surface area contributed by atoms with E-state index in [2.05, 4.69) is 44.0 Å². The van der Waals surface area contributed by atoms with Crippen LogP contribution in [0.5, 0.6) is 5.75 Å². The van der Waals surface area contributed by atoms with Crippen LogP contribution in [0.1, 0.15) is 17.5 Å². The third-order valence-corrected chi connectivity index (χ3v) is 2.67. The van der Waals surface area contributed by atoms with E-state index in [9.17, 15) is 0 Å². The average Bonchev–Trinajstić information content (AvgIpc) is 2.17. The van der Waals surface area contributed by atoms with Crippen LogP contribution in [0.2, 0.25) is 0 Å². The van der Waals surface area contributed by atoms with E-state index in [4.69, 9.17) is 4.74 Å². The minimum atomic E-state index is 0.852. The molecular formula is C11H10Br2O. The van der Waals surface area contributed by atoms with E-state index in [0.717, 1.165) is 28.6 Å². The molecule has 0 saturated carbocycles. The lowest BCUT2D eigenvalue weighted by atomic mass is 10.0. The molecule has 1 nitrogen and oxygen atoms in total. The highest BCUT2D eigenvalue weighted by Crippen LogP contribution is 2.27. The van der Waals surface area contributed by atoms with Gasteiger partial charge in [0.15, 0.2) is 0 Å². The largest absolute Gasteiger partial charge is 0.493 e. The molecule has 0 saturated heterocycles. The summed E-state index contributed by atoms with van der Waals surface area (Å²) in [5.74, 6) is 1.04. The molecule has 0 radical (unpaired) electrons. The Morgan fingerprint density at radius 2 is 2.21 bits per heavy atom. The molecule has 1 aliphatic rings. The van der Waals surface area contributed by atoms with Crippen LogP contribution in [0.4, 0.5) is 0 Å². The number of aryl methyl sites for hydroxylation is 1. The second kappa shape index (κ2) is 4.49. The van der Waals surface area contributed by atoms with Gasteiger partial charge in [-0.25, -0.2) is 0 Å². The second-order valence-electron chi connectivity index (χ2n) is 3.25. The van der Waals surface area contributed by atoms with Gasteiger partial charge in [-0.3, -0.25) is 0 Å². The number of benzene rings is 1. The minimum Gasteiger partial charge on any atom is -0.493 e. The number of hydrogen-bond donors (Lipinski definition) is 0. The predicted molar refractivity (Wildman–Crippen MR) is 66.1 cm³/mol. The second-order valence-corrected chi connectivity index (χ2v) is 6.03. The predicted octanol–water partition coefficient (Wildman–Crippen LogP) is 4.10. The molecule has 0 N–H and O–H groups in total. The van der Waals surface area contributed by atoms with Crippen molar-refractivity contribution in [3.05, 3.63) is 32.7 Å². The number of rotatable bonds is 1. The van der Waals surface area contributed by atoms with E-state index in [1.165, 1.54) is 11.1 Å². The van der Waals surface area contributed by atoms with Crippen molar-refractivity contribution in [3.8, 4) is 5.75 Å². The maximum absolute atomic E-state index is 5.54. The summed E-state index contributed by atoms with van der Waals surface area (Å²) in [6.07, 6.45) is 4.28. The molecule has 74 valence electrons. The van der Waals surface area contributed by atoms with Gasteiger partial charge in [0.25, 0.3) is 0 Å². The number of ether oxygens (including phenoxy) is 1. The first-order valence-corrected chi connectivity index (χ1v) is 6.13. The summed E-state index contributed by atoms with van der Waals surface area (Å²) in [7, 11) is 0. The first-order valence-electron chi connectivity index (χ1n) is 4.54. The van der Waals surface area contributed by atoms with Crippen LogP contribution in [-0.4, -0.2) is 6.61 Å². The number of fused-ring (bicyclic) bond motifs is 1. The van der Waals surface area contributed by atoms with Gasteiger partial charge in [0, 0.05) is 0 Å². The zero-order valence-corrected chi connectivity index (χ0v) is 10.8. The molecule has 0 unspecified atom stereocenters. The van der Waals surface area contributed by atoms with Crippen LogP contribution in [-0.2, 0) is 6.42 Å². The van der Waals surface area contributed by atoms with E-state index in [1.54, 1.807) is 0 Å². The fourth-order valence-corrected chi connectivity index (χ4v) is 2.12. The first kappa shape index (κ1) is 10.2. The van der Waals surface area contributed by atoms with Crippen molar-refractivity contribution in [1.82, 2.24) is 0 Å².